The van der Waals surface area contributed by atoms with Crippen molar-refractivity contribution in [2.75, 3.05) is 13.9 Å². The van der Waals surface area contributed by atoms with Crippen molar-refractivity contribution in [2.24, 2.45) is 5.73 Å². The van der Waals surface area contributed by atoms with Gasteiger partial charge >= 0.3 is 0 Å². The van der Waals surface area contributed by atoms with Crippen LogP contribution in [0.4, 0.5) is 4.39 Å². The first-order valence-corrected chi connectivity index (χ1v) is 6.18. The molecule has 3 rings (SSSR count). The molecule has 0 radical (unpaired) electrons. The summed E-state index contributed by atoms with van der Waals surface area (Å²) in [5, 5.41) is 0. The first kappa shape index (κ1) is 13.2. The zero-order valence-electron chi connectivity index (χ0n) is 11.2. The minimum atomic E-state index is -0.845. The van der Waals surface area contributed by atoms with Gasteiger partial charge in [0, 0.05) is 17.2 Å². The number of halogens is 1. The van der Waals surface area contributed by atoms with Crippen LogP contribution in [0.2, 0.25) is 0 Å². The molecule has 0 fully saturated rings. The van der Waals surface area contributed by atoms with E-state index in [0.29, 0.717) is 28.4 Å². The Labute approximate surface area is 120 Å². The number of carbonyl (C=O) groups excluding carboxylic acids is 1. The minimum absolute atomic E-state index is 0.105. The van der Waals surface area contributed by atoms with Gasteiger partial charge in [0.15, 0.2) is 11.5 Å². The van der Waals surface area contributed by atoms with E-state index in [4.69, 9.17) is 19.9 Å². The van der Waals surface area contributed by atoms with Crippen molar-refractivity contribution >= 4 is 5.91 Å². The second-order valence-electron chi connectivity index (χ2n) is 4.43. The maximum atomic E-state index is 13.9. The predicted molar refractivity (Wildman–Crippen MR) is 73.0 cm³/mol. The molecular weight excluding hydrogens is 277 g/mol. The van der Waals surface area contributed by atoms with E-state index >= 15 is 0 Å². The first-order chi connectivity index (χ1) is 10.1. The third kappa shape index (κ3) is 2.14. The maximum Gasteiger partial charge on any atom is 0.252 e. The van der Waals surface area contributed by atoms with Gasteiger partial charge in [0.05, 0.1) is 12.7 Å². The van der Waals surface area contributed by atoms with Gasteiger partial charge in [0.2, 0.25) is 6.79 Å². The third-order valence-corrected chi connectivity index (χ3v) is 3.24. The Bertz CT molecular complexity index is 730. The fourth-order valence-corrected chi connectivity index (χ4v) is 2.30. The van der Waals surface area contributed by atoms with E-state index in [2.05, 4.69) is 0 Å². The smallest absolute Gasteiger partial charge is 0.252 e. The Morgan fingerprint density at radius 2 is 1.95 bits per heavy atom. The highest BCUT2D eigenvalue weighted by Gasteiger charge is 2.22. The van der Waals surface area contributed by atoms with E-state index in [0.717, 1.165) is 0 Å². The lowest BCUT2D eigenvalue weighted by Crippen LogP contribution is -2.14. The van der Waals surface area contributed by atoms with Crippen LogP contribution in [0.5, 0.6) is 17.2 Å². The summed E-state index contributed by atoms with van der Waals surface area (Å²) in [6, 6.07) is 7.56. The van der Waals surface area contributed by atoms with Gasteiger partial charge in [-0.05, 0) is 12.1 Å². The monoisotopic (exact) mass is 289 g/mol. The predicted octanol–water partition coefficient (Wildman–Crippen LogP) is 2.33. The Morgan fingerprint density at radius 1 is 1.24 bits per heavy atom. The lowest BCUT2D eigenvalue weighted by atomic mass is 9.97. The second kappa shape index (κ2) is 4.97. The Hall–Kier alpha value is -2.76. The summed E-state index contributed by atoms with van der Waals surface area (Å²) in [6.07, 6.45) is 0. The molecule has 0 unspecified atom stereocenters. The number of benzene rings is 2. The van der Waals surface area contributed by atoms with E-state index in [-0.39, 0.29) is 12.4 Å². The average Bonchev–Trinajstić information content (AvgIpc) is 2.92. The van der Waals surface area contributed by atoms with Crippen LogP contribution in [0.3, 0.4) is 0 Å². The van der Waals surface area contributed by atoms with E-state index in [1.165, 1.54) is 19.2 Å². The van der Waals surface area contributed by atoms with Crippen LogP contribution in [0.25, 0.3) is 11.1 Å². The van der Waals surface area contributed by atoms with Crippen LogP contribution in [0.15, 0.2) is 30.3 Å². The molecular formula is C15H12FNO4. The number of methoxy groups -OCH3 is 1. The van der Waals surface area contributed by atoms with Crippen molar-refractivity contribution in [3.63, 3.8) is 0 Å². The summed E-state index contributed by atoms with van der Waals surface area (Å²) in [7, 11) is 1.48. The molecule has 5 nitrogen and oxygen atoms in total. The standard InChI is InChI=1S/C15H12FNO4/c1-19-11-6-13-12(20-7-21-13)5-9(11)8-3-2-4-10(16)14(8)15(17)18/h2-6H,7H2,1H3,(H2,17,18). The highest BCUT2D eigenvalue weighted by atomic mass is 19.1. The van der Waals surface area contributed by atoms with Crippen LogP contribution >= 0.6 is 0 Å². The van der Waals surface area contributed by atoms with Crippen molar-refractivity contribution in [3.05, 3.63) is 41.7 Å². The average molecular weight is 289 g/mol. The van der Waals surface area contributed by atoms with Crippen LogP contribution in [0.1, 0.15) is 10.4 Å². The van der Waals surface area contributed by atoms with Crippen LogP contribution in [0, 0.1) is 5.82 Å². The Kier molecular flexibility index (Phi) is 3.13. The normalized spacial score (nSPS) is 12.3. The van der Waals surface area contributed by atoms with Gasteiger partial charge in [0.1, 0.15) is 11.6 Å². The minimum Gasteiger partial charge on any atom is -0.496 e. The van der Waals surface area contributed by atoms with Gasteiger partial charge in [-0.3, -0.25) is 4.79 Å². The number of ether oxygens (including phenoxy) is 3. The molecule has 0 saturated heterocycles. The van der Waals surface area contributed by atoms with Crippen molar-refractivity contribution < 1.29 is 23.4 Å². The van der Waals surface area contributed by atoms with Gasteiger partial charge in [-0.25, -0.2) is 4.39 Å². The van der Waals surface area contributed by atoms with Crippen molar-refractivity contribution in [1.29, 1.82) is 0 Å². The molecule has 108 valence electrons. The molecule has 0 atom stereocenters. The summed E-state index contributed by atoms with van der Waals surface area (Å²) in [4.78, 5) is 11.5. The number of carbonyl (C=O) groups is 1. The van der Waals surface area contributed by atoms with Gasteiger partial charge in [-0.15, -0.1) is 0 Å². The quantitative estimate of drug-likeness (QED) is 0.941. The van der Waals surface area contributed by atoms with E-state index in [9.17, 15) is 9.18 Å². The van der Waals surface area contributed by atoms with Gasteiger partial charge in [0.25, 0.3) is 5.91 Å². The van der Waals surface area contributed by atoms with Crippen LogP contribution in [-0.2, 0) is 0 Å². The van der Waals surface area contributed by atoms with Crippen LogP contribution in [-0.4, -0.2) is 19.8 Å². The highest BCUT2D eigenvalue weighted by Crippen LogP contribution is 2.43. The second-order valence-corrected chi connectivity index (χ2v) is 4.43. The van der Waals surface area contributed by atoms with E-state index < -0.39 is 11.7 Å². The molecule has 1 aliphatic heterocycles. The van der Waals surface area contributed by atoms with E-state index in [1.807, 2.05) is 0 Å². The summed E-state index contributed by atoms with van der Waals surface area (Å²) < 4.78 is 29.8. The number of rotatable bonds is 3. The zero-order chi connectivity index (χ0) is 15.0. The molecule has 2 aromatic rings. The first-order valence-electron chi connectivity index (χ1n) is 6.18. The topological polar surface area (TPSA) is 70.8 Å². The Morgan fingerprint density at radius 3 is 2.62 bits per heavy atom. The number of nitrogens with two attached hydrogens (primary N) is 1. The molecule has 2 N–H and O–H groups in total. The Balaban J connectivity index is 2.26. The molecule has 0 saturated carbocycles. The number of hydrogen-bond donors (Lipinski definition) is 1. The number of primary amides is 1. The number of hydrogen-bond acceptors (Lipinski definition) is 4. The largest absolute Gasteiger partial charge is 0.496 e. The van der Waals surface area contributed by atoms with Gasteiger partial charge in [-0.1, -0.05) is 12.1 Å². The molecule has 0 aliphatic carbocycles. The molecule has 6 heteroatoms. The van der Waals surface area contributed by atoms with Crippen molar-refractivity contribution in [1.82, 2.24) is 0 Å². The fraction of sp³-hybridized carbons (Fsp3) is 0.133. The molecule has 0 aromatic heterocycles. The van der Waals surface area contributed by atoms with Crippen LogP contribution < -0.4 is 19.9 Å². The lowest BCUT2D eigenvalue weighted by Gasteiger charge is -2.13. The SMILES string of the molecule is COc1cc2c(cc1-c1cccc(F)c1C(N)=O)OCO2. The highest BCUT2D eigenvalue weighted by molar-refractivity contribution is 6.01. The zero-order valence-corrected chi connectivity index (χ0v) is 11.2. The molecule has 0 spiro atoms. The van der Waals surface area contributed by atoms with Crippen molar-refractivity contribution in [3.8, 4) is 28.4 Å². The molecule has 0 bridgehead atoms. The maximum absolute atomic E-state index is 13.9. The van der Waals surface area contributed by atoms with Crippen molar-refractivity contribution in [2.45, 2.75) is 0 Å². The molecule has 2 aromatic carbocycles. The van der Waals surface area contributed by atoms with E-state index in [1.54, 1.807) is 18.2 Å². The summed E-state index contributed by atoms with van der Waals surface area (Å²) in [6.45, 7) is 0.105. The number of fused-ring (bicyclic) bond motifs is 1. The summed E-state index contributed by atoms with van der Waals surface area (Å²) >= 11 is 0. The molecule has 1 heterocycles. The third-order valence-electron chi connectivity index (χ3n) is 3.24. The molecule has 1 amide bonds. The lowest BCUT2D eigenvalue weighted by molar-refractivity contribution is 0.0997. The molecule has 21 heavy (non-hydrogen) atoms. The fourth-order valence-electron chi connectivity index (χ4n) is 2.30. The molecule has 1 aliphatic rings. The summed E-state index contributed by atoms with van der Waals surface area (Å²) in [5.74, 6) is -0.0481. The number of amides is 1. The van der Waals surface area contributed by atoms with Gasteiger partial charge < -0.3 is 19.9 Å². The summed E-state index contributed by atoms with van der Waals surface area (Å²) in [5.41, 5.74) is 5.95. The van der Waals surface area contributed by atoms with Gasteiger partial charge in [-0.2, -0.15) is 0 Å².